The van der Waals surface area contributed by atoms with E-state index in [1.54, 1.807) is 24.8 Å². The standard InChI is InChI=1S/C16H20N6O/c17-14(23)11-22-7-1-2-13(10-22)12-3-4-19-15(8-12)21-16-9-18-5-6-20-16/h3-6,8-9,13H,1-2,7,10-11H2,(H2,17,23)(H,19,20,21)/t13-/m0/s1. The Morgan fingerprint density at radius 3 is 2.96 bits per heavy atom. The van der Waals surface area contributed by atoms with Gasteiger partial charge in [0.1, 0.15) is 11.6 Å². The SMILES string of the molecule is NC(=O)CN1CCC[C@H](c2ccnc(Nc3cnccn3)c2)C1. The summed E-state index contributed by atoms with van der Waals surface area (Å²) in [7, 11) is 0. The molecule has 7 nitrogen and oxygen atoms in total. The number of likely N-dealkylation sites (tertiary alicyclic amines) is 1. The number of nitrogens with one attached hydrogen (secondary N) is 1. The highest BCUT2D eigenvalue weighted by Gasteiger charge is 2.22. The summed E-state index contributed by atoms with van der Waals surface area (Å²) in [6.45, 7) is 2.10. The number of carbonyl (C=O) groups is 1. The number of pyridine rings is 1. The van der Waals surface area contributed by atoms with Gasteiger partial charge in [-0.2, -0.15) is 0 Å². The Morgan fingerprint density at radius 1 is 1.30 bits per heavy atom. The fourth-order valence-electron chi connectivity index (χ4n) is 2.96. The number of nitrogens with zero attached hydrogens (tertiary/aromatic N) is 4. The van der Waals surface area contributed by atoms with Gasteiger partial charge >= 0.3 is 0 Å². The molecule has 3 rings (SSSR count). The molecular formula is C16H20N6O. The summed E-state index contributed by atoms with van der Waals surface area (Å²) in [6.07, 6.45) is 8.88. The summed E-state index contributed by atoms with van der Waals surface area (Å²) < 4.78 is 0. The summed E-state index contributed by atoms with van der Waals surface area (Å²) >= 11 is 0. The third-order valence-electron chi connectivity index (χ3n) is 3.96. The van der Waals surface area contributed by atoms with Crippen molar-refractivity contribution >= 4 is 17.5 Å². The Hall–Kier alpha value is -2.54. The molecule has 3 N–H and O–H groups in total. The van der Waals surface area contributed by atoms with Crippen molar-refractivity contribution in [1.82, 2.24) is 19.9 Å². The van der Waals surface area contributed by atoms with Crippen LogP contribution in [-0.4, -0.2) is 45.4 Å². The zero-order valence-corrected chi connectivity index (χ0v) is 12.9. The average molecular weight is 312 g/mol. The van der Waals surface area contributed by atoms with E-state index < -0.39 is 0 Å². The molecule has 1 aliphatic heterocycles. The third kappa shape index (κ3) is 4.23. The number of primary amides is 1. The molecule has 23 heavy (non-hydrogen) atoms. The van der Waals surface area contributed by atoms with E-state index in [4.69, 9.17) is 5.73 Å². The predicted molar refractivity (Wildman–Crippen MR) is 87.2 cm³/mol. The van der Waals surface area contributed by atoms with Crippen molar-refractivity contribution in [1.29, 1.82) is 0 Å². The van der Waals surface area contributed by atoms with Crippen LogP contribution in [0.25, 0.3) is 0 Å². The lowest BCUT2D eigenvalue weighted by molar-refractivity contribution is -0.119. The number of aromatic nitrogens is 3. The third-order valence-corrected chi connectivity index (χ3v) is 3.96. The number of rotatable bonds is 5. The molecule has 0 unspecified atom stereocenters. The normalized spacial score (nSPS) is 18.5. The van der Waals surface area contributed by atoms with Crippen LogP contribution in [-0.2, 0) is 4.79 Å². The van der Waals surface area contributed by atoms with Gasteiger partial charge in [-0.1, -0.05) is 0 Å². The van der Waals surface area contributed by atoms with Crippen molar-refractivity contribution < 1.29 is 4.79 Å². The van der Waals surface area contributed by atoms with E-state index in [-0.39, 0.29) is 5.91 Å². The lowest BCUT2D eigenvalue weighted by Gasteiger charge is -2.32. The lowest BCUT2D eigenvalue weighted by atomic mass is 9.91. The van der Waals surface area contributed by atoms with Crippen molar-refractivity contribution in [3.8, 4) is 0 Å². The van der Waals surface area contributed by atoms with Gasteiger partial charge in [-0.05, 0) is 43.0 Å². The Balaban J connectivity index is 1.70. The van der Waals surface area contributed by atoms with Crippen molar-refractivity contribution in [2.75, 3.05) is 25.0 Å². The molecule has 1 atom stereocenters. The molecule has 7 heteroatoms. The summed E-state index contributed by atoms with van der Waals surface area (Å²) in [5.74, 6) is 1.52. The van der Waals surface area contributed by atoms with E-state index in [2.05, 4.69) is 25.2 Å². The molecule has 0 aromatic carbocycles. The van der Waals surface area contributed by atoms with Crippen LogP contribution in [0.3, 0.4) is 0 Å². The first kappa shape index (κ1) is 15.4. The van der Waals surface area contributed by atoms with Crippen LogP contribution >= 0.6 is 0 Å². The number of hydrogen-bond acceptors (Lipinski definition) is 6. The summed E-state index contributed by atoms with van der Waals surface area (Å²) in [5.41, 5.74) is 6.51. The Morgan fingerprint density at radius 2 is 2.17 bits per heavy atom. The van der Waals surface area contributed by atoms with Crippen LogP contribution in [0.4, 0.5) is 11.6 Å². The molecule has 1 fully saturated rings. The minimum Gasteiger partial charge on any atom is -0.369 e. The average Bonchev–Trinajstić information content (AvgIpc) is 2.56. The maximum Gasteiger partial charge on any atom is 0.231 e. The fraction of sp³-hybridized carbons (Fsp3) is 0.375. The number of carbonyl (C=O) groups excluding carboxylic acids is 1. The van der Waals surface area contributed by atoms with E-state index in [1.165, 1.54) is 5.56 Å². The van der Waals surface area contributed by atoms with Gasteiger partial charge in [-0.3, -0.25) is 14.7 Å². The van der Waals surface area contributed by atoms with Crippen molar-refractivity contribution in [2.24, 2.45) is 5.73 Å². The Bertz CT molecular complexity index is 663. The van der Waals surface area contributed by atoms with Gasteiger partial charge in [0.2, 0.25) is 5.91 Å². The second-order valence-corrected chi connectivity index (χ2v) is 5.73. The van der Waals surface area contributed by atoms with Gasteiger partial charge in [0.05, 0.1) is 12.7 Å². The summed E-state index contributed by atoms with van der Waals surface area (Å²) in [5, 5.41) is 3.15. The molecular weight excluding hydrogens is 292 g/mol. The molecule has 0 bridgehead atoms. The number of anilines is 2. The summed E-state index contributed by atoms with van der Waals surface area (Å²) in [6, 6.07) is 4.06. The monoisotopic (exact) mass is 312 g/mol. The molecule has 0 saturated carbocycles. The molecule has 0 radical (unpaired) electrons. The van der Waals surface area contributed by atoms with Gasteiger partial charge in [-0.15, -0.1) is 0 Å². The quantitative estimate of drug-likeness (QED) is 0.863. The van der Waals surface area contributed by atoms with Gasteiger partial charge in [0.25, 0.3) is 0 Å². The number of hydrogen-bond donors (Lipinski definition) is 2. The van der Waals surface area contributed by atoms with Crippen LogP contribution < -0.4 is 11.1 Å². The van der Waals surface area contributed by atoms with Crippen molar-refractivity contribution in [3.63, 3.8) is 0 Å². The maximum atomic E-state index is 11.1. The van der Waals surface area contributed by atoms with E-state index >= 15 is 0 Å². The second-order valence-electron chi connectivity index (χ2n) is 5.73. The molecule has 120 valence electrons. The Kier molecular flexibility index (Phi) is 4.77. The van der Waals surface area contributed by atoms with E-state index in [0.717, 1.165) is 31.7 Å². The van der Waals surface area contributed by atoms with Gasteiger partial charge < -0.3 is 11.1 Å². The molecule has 1 aliphatic rings. The molecule has 1 saturated heterocycles. The maximum absolute atomic E-state index is 11.1. The molecule has 2 aromatic heterocycles. The molecule has 0 aliphatic carbocycles. The molecule has 2 aromatic rings. The van der Waals surface area contributed by atoms with Crippen molar-refractivity contribution in [3.05, 3.63) is 42.5 Å². The Labute approximate surface area is 135 Å². The molecule has 1 amide bonds. The largest absolute Gasteiger partial charge is 0.369 e. The van der Waals surface area contributed by atoms with Crippen LogP contribution in [0.2, 0.25) is 0 Å². The minimum atomic E-state index is -0.273. The zero-order valence-electron chi connectivity index (χ0n) is 12.9. The number of nitrogens with two attached hydrogens (primary N) is 1. The smallest absolute Gasteiger partial charge is 0.231 e. The second kappa shape index (κ2) is 7.15. The molecule has 3 heterocycles. The van der Waals surface area contributed by atoms with Crippen LogP contribution in [0.1, 0.15) is 24.3 Å². The minimum absolute atomic E-state index is 0.273. The first-order chi connectivity index (χ1) is 11.2. The van der Waals surface area contributed by atoms with E-state index in [0.29, 0.717) is 18.3 Å². The van der Waals surface area contributed by atoms with Crippen LogP contribution in [0, 0.1) is 0 Å². The van der Waals surface area contributed by atoms with Gasteiger partial charge in [0.15, 0.2) is 0 Å². The fourth-order valence-corrected chi connectivity index (χ4v) is 2.96. The molecule has 0 spiro atoms. The van der Waals surface area contributed by atoms with Crippen molar-refractivity contribution in [2.45, 2.75) is 18.8 Å². The van der Waals surface area contributed by atoms with Gasteiger partial charge in [0, 0.05) is 25.1 Å². The lowest BCUT2D eigenvalue weighted by Crippen LogP contribution is -2.40. The highest BCUT2D eigenvalue weighted by Crippen LogP contribution is 2.28. The topological polar surface area (TPSA) is 97.0 Å². The predicted octanol–water partition coefficient (Wildman–Crippen LogP) is 1.28. The zero-order chi connectivity index (χ0) is 16.1. The van der Waals surface area contributed by atoms with Crippen LogP contribution in [0.15, 0.2) is 36.9 Å². The van der Waals surface area contributed by atoms with Crippen LogP contribution in [0.5, 0.6) is 0 Å². The highest BCUT2D eigenvalue weighted by molar-refractivity contribution is 5.75. The van der Waals surface area contributed by atoms with E-state index in [1.807, 2.05) is 12.1 Å². The number of piperidine rings is 1. The van der Waals surface area contributed by atoms with Gasteiger partial charge in [-0.25, -0.2) is 9.97 Å². The van der Waals surface area contributed by atoms with E-state index in [9.17, 15) is 4.79 Å². The highest BCUT2D eigenvalue weighted by atomic mass is 16.1. The first-order valence-electron chi connectivity index (χ1n) is 7.70. The first-order valence-corrected chi connectivity index (χ1v) is 7.70. The number of amides is 1. The summed E-state index contributed by atoms with van der Waals surface area (Å²) in [4.78, 5) is 25.8.